The van der Waals surface area contributed by atoms with Crippen molar-refractivity contribution in [1.29, 1.82) is 0 Å². The number of sulfonamides is 1. The second kappa shape index (κ2) is 6.28. The molecule has 0 aliphatic carbocycles. The average Bonchev–Trinajstić information content (AvgIpc) is 2.24. The Bertz CT molecular complexity index is 472. The predicted molar refractivity (Wildman–Crippen MR) is 73.8 cm³/mol. The number of hydrogen-bond acceptors (Lipinski definition) is 4. The van der Waals surface area contributed by atoms with Crippen LogP contribution in [0.15, 0.2) is 23.1 Å². The summed E-state index contributed by atoms with van der Waals surface area (Å²) in [6, 6.07) is 4.81. The van der Waals surface area contributed by atoms with Crippen LogP contribution in [0.3, 0.4) is 0 Å². The SMILES string of the molecule is CSCCCNS(=O)(=O)c1ccc(N)cc1C. The summed E-state index contributed by atoms with van der Waals surface area (Å²) in [6.45, 7) is 2.21. The summed E-state index contributed by atoms with van der Waals surface area (Å²) in [5.74, 6) is 0.948. The molecule has 4 nitrogen and oxygen atoms in total. The van der Waals surface area contributed by atoms with E-state index in [0.717, 1.165) is 12.2 Å². The second-order valence-corrected chi connectivity index (χ2v) is 6.49. The maximum absolute atomic E-state index is 12.0. The molecule has 0 saturated carbocycles. The lowest BCUT2D eigenvalue weighted by molar-refractivity contribution is 0.580. The molecule has 1 aromatic carbocycles. The molecule has 17 heavy (non-hydrogen) atoms. The van der Waals surface area contributed by atoms with Gasteiger partial charge in [-0.2, -0.15) is 11.8 Å². The normalized spacial score (nSPS) is 11.6. The van der Waals surface area contributed by atoms with Gasteiger partial charge in [-0.25, -0.2) is 13.1 Å². The summed E-state index contributed by atoms with van der Waals surface area (Å²) in [5, 5.41) is 0. The maximum atomic E-state index is 12.0. The summed E-state index contributed by atoms with van der Waals surface area (Å²) in [4.78, 5) is 0.302. The molecule has 1 aromatic rings. The molecule has 0 heterocycles. The first-order valence-corrected chi connectivity index (χ1v) is 8.20. The van der Waals surface area contributed by atoms with E-state index in [2.05, 4.69) is 4.72 Å². The van der Waals surface area contributed by atoms with Crippen LogP contribution in [0.2, 0.25) is 0 Å². The van der Waals surface area contributed by atoms with Gasteiger partial charge in [-0.15, -0.1) is 0 Å². The maximum Gasteiger partial charge on any atom is 0.240 e. The van der Waals surface area contributed by atoms with Gasteiger partial charge >= 0.3 is 0 Å². The van der Waals surface area contributed by atoms with Gasteiger partial charge in [-0.05, 0) is 49.1 Å². The molecule has 0 aliphatic heterocycles. The Morgan fingerprint density at radius 3 is 2.71 bits per heavy atom. The number of aryl methyl sites for hydroxylation is 1. The van der Waals surface area contributed by atoms with E-state index in [-0.39, 0.29) is 0 Å². The van der Waals surface area contributed by atoms with Crippen LogP contribution in [0.1, 0.15) is 12.0 Å². The van der Waals surface area contributed by atoms with E-state index in [4.69, 9.17) is 5.73 Å². The molecule has 0 aromatic heterocycles. The van der Waals surface area contributed by atoms with Gasteiger partial charge in [0.05, 0.1) is 4.90 Å². The molecule has 0 fully saturated rings. The molecule has 0 bridgehead atoms. The monoisotopic (exact) mass is 274 g/mol. The van der Waals surface area contributed by atoms with Crippen molar-refractivity contribution in [3.8, 4) is 0 Å². The van der Waals surface area contributed by atoms with Crippen molar-refractivity contribution in [2.45, 2.75) is 18.2 Å². The molecule has 0 radical (unpaired) electrons. The molecular formula is C11H18N2O2S2. The fourth-order valence-corrected chi connectivity index (χ4v) is 3.21. The van der Waals surface area contributed by atoms with E-state index in [1.165, 1.54) is 0 Å². The molecule has 96 valence electrons. The fourth-order valence-electron chi connectivity index (χ4n) is 1.47. The number of thioether (sulfide) groups is 1. The number of nitrogens with one attached hydrogen (secondary N) is 1. The average molecular weight is 274 g/mol. The van der Waals surface area contributed by atoms with E-state index < -0.39 is 10.0 Å². The molecule has 0 spiro atoms. The van der Waals surface area contributed by atoms with Gasteiger partial charge in [0.2, 0.25) is 10.0 Å². The standard InChI is InChI=1S/C11H18N2O2S2/c1-9-8-10(12)4-5-11(9)17(14,15)13-6-3-7-16-2/h4-5,8,13H,3,6-7,12H2,1-2H3. The quantitative estimate of drug-likeness (QED) is 0.610. The van der Waals surface area contributed by atoms with Crippen molar-refractivity contribution in [3.63, 3.8) is 0 Å². The fraction of sp³-hybridized carbons (Fsp3) is 0.455. The van der Waals surface area contributed by atoms with Gasteiger partial charge in [0.1, 0.15) is 0 Å². The predicted octanol–water partition coefficient (Wildman–Crippen LogP) is 1.61. The van der Waals surface area contributed by atoms with Gasteiger partial charge in [0, 0.05) is 12.2 Å². The summed E-state index contributed by atoms with van der Waals surface area (Å²) in [6.07, 6.45) is 2.83. The van der Waals surface area contributed by atoms with Crippen LogP contribution in [-0.2, 0) is 10.0 Å². The molecule has 0 saturated heterocycles. The number of nitrogen functional groups attached to an aromatic ring is 1. The lowest BCUT2D eigenvalue weighted by atomic mass is 10.2. The Morgan fingerprint density at radius 2 is 2.12 bits per heavy atom. The number of hydrogen-bond donors (Lipinski definition) is 2. The van der Waals surface area contributed by atoms with Crippen LogP contribution in [0.4, 0.5) is 5.69 Å². The van der Waals surface area contributed by atoms with E-state index in [9.17, 15) is 8.42 Å². The zero-order chi connectivity index (χ0) is 12.9. The minimum absolute atomic E-state index is 0.302. The molecule has 1 rings (SSSR count). The molecule has 0 amide bonds. The third-order valence-corrected chi connectivity index (χ3v) is 4.62. The third kappa shape index (κ3) is 4.22. The van der Waals surface area contributed by atoms with Gasteiger partial charge in [0.25, 0.3) is 0 Å². The highest BCUT2D eigenvalue weighted by atomic mass is 32.2. The van der Waals surface area contributed by atoms with E-state index in [1.54, 1.807) is 36.9 Å². The Morgan fingerprint density at radius 1 is 1.41 bits per heavy atom. The van der Waals surface area contributed by atoms with Gasteiger partial charge in [0.15, 0.2) is 0 Å². The summed E-state index contributed by atoms with van der Waals surface area (Å²) in [5.41, 5.74) is 6.83. The van der Waals surface area contributed by atoms with Crippen molar-refractivity contribution in [2.24, 2.45) is 0 Å². The first-order chi connectivity index (χ1) is 7.97. The van der Waals surface area contributed by atoms with Gasteiger partial charge in [-0.1, -0.05) is 0 Å². The van der Waals surface area contributed by atoms with Gasteiger partial charge in [-0.3, -0.25) is 0 Å². The number of nitrogens with two attached hydrogens (primary N) is 1. The lowest BCUT2D eigenvalue weighted by Crippen LogP contribution is -2.25. The Labute approximate surface area is 107 Å². The number of benzene rings is 1. The Kier molecular flexibility index (Phi) is 5.30. The topological polar surface area (TPSA) is 72.2 Å². The molecule has 0 unspecified atom stereocenters. The van der Waals surface area contributed by atoms with Crippen LogP contribution in [0.5, 0.6) is 0 Å². The van der Waals surface area contributed by atoms with Crippen LogP contribution >= 0.6 is 11.8 Å². The molecular weight excluding hydrogens is 256 g/mol. The molecule has 6 heteroatoms. The number of anilines is 1. The first kappa shape index (κ1) is 14.3. The largest absolute Gasteiger partial charge is 0.399 e. The highest BCUT2D eigenvalue weighted by Gasteiger charge is 2.15. The van der Waals surface area contributed by atoms with E-state index in [1.807, 2.05) is 6.26 Å². The van der Waals surface area contributed by atoms with Crippen molar-refractivity contribution < 1.29 is 8.42 Å². The van der Waals surface area contributed by atoms with Crippen molar-refractivity contribution in [1.82, 2.24) is 4.72 Å². The zero-order valence-corrected chi connectivity index (χ0v) is 11.7. The Hall–Kier alpha value is -0.720. The lowest BCUT2D eigenvalue weighted by Gasteiger charge is -2.09. The minimum Gasteiger partial charge on any atom is -0.399 e. The Balaban J connectivity index is 2.76. The molecule has 0 aliphatic rings. The summed E-state index contributed by atoms with van der Waals surface area (Å²) < 4.78 is 26.5. The van der Waals surface area contributed by atoms with Gasteiger partial charge < -0.3 is 5.73 Å². The van der Waals surface area contributed by atoms with E-state index in [0.29, 0.717) is 22.7 Å². The van der Waals surface area contributed by atoms with Crippen molar-refractivity contribution in [2.75, 3.05) is 24.3 Å². The third-order valence-electron chi connectivity index (χ3n) is 2.31. The van der Waals surface area contributed by atoms with Crippen LogP contribution < -0.4 is 10.5 Å². The zero-order valence-electron chi connectivity index (χ0n) is 10.1. The first-order valence-electron chi connectivity index (χ1n) is 5.32. The highest BCUT2D eigenvalue weighted by Crippen LogP contribution is 2.17. The van der Waals surface area contributed by atoms with Crippen molar-refractivity contribution in [3.05, 3.63) is 23.8 Å². The summed E-state index contributed by atoms with van der Waals surface area (Å²) in [7, 11) is -3.40. The van der Waals surface area contributed by atoms with Crippen LogP contribution in [0.25, 0.3) is 0 Å². The number of rotatable bonds is 6. The summed E-state index contributed by atoms with van der Waals surface area (Å²) >= 11 is 1.70. The highest BCUT2D eigenvalue weighted by molar-refractivity contribution is 7.98. The minimum atomic E-state index is -3.40. The molecule has 3 N–H and O–H groups in total. The van der Waals surface area contributed by atoms with E-state index >= 15 is 0 Å². The molecule has 0 atom stereocenters. The second-order valence-electron chi connectivity index (χ2n) is 3.77. The van der Waals surface area contributed by atoms with Crippen LogP contribution in [-0.4, -0.2) is 27.0 Å². The van der Waals surface area contributed by atoms with Crippen LogP contribution in [0, 0.1) is 6.92 Å². The smallest absolute Gasteiger partial charge is 0.240 e. The van der Waals surface area contributed by atoms with Crippen molar-refractivity contribution >= 4 is 27.5 Å².